The zero-order valence-electron chi connectivity index (χ0n) is 18.1. The monoisotopic (exact) mass is 450 g/mol. The third-order valence-corrected chi connectivity index (χ3v) is 6.37. The first kappa shape index (κ1) is 20.9. The summed E-state index contributed by atoms with van der Waals surface area (Å²) in [6, 6.07) is 32.9. The molecule has 5 rings (SSSR count). The first-order valence-electron chi connectivity index (χ1n) is 10.7. The highest BCUT2D eigenvalue weighted by Gasteiger charge is 2.22. The molecule has 0 aliphatic carbocycles. The van der Waals surface area contributed by atoms with Crippen molar-refractivity contribution in [2.45, 2.75) is 13.5 Å². The summed E-state index contributed by atoms with van der Waals surface area (Å²) in [6.45, 7) is 2.47. The number of aromatic nitrogens is 1. The number of carbonyl (C=O) groups is 1. The summed E-state index contributed by atoms with van der Waals surface area (Å²) in [7, 11) is 0. The molecular formula is C28H22N2O2S. The van der Waals surface area contributed by atoms with Crippen LogP contribution in [0, 0.1) is 6.92 Å². The molecule has 0 fully saturated rings. The highest BCUT2D eigenvalue weighted by atomic mass is 32.1. The lowest BCUT2D eigenvalue weighted by molar-refractivity contribution is 0.0985. The SMILES string of the molecule is Cc1cccc2sc(N(Cc3ccccc3)C(=O)c3cccc(Oc4ccccc4)c3)nc12. The Hall–Kier alpha value is -3.96. The molecule has 0 radical (unpaired) electrons. The summed E-state index contributed by atoms with van der Waals surface area (Å²) < 4.78 is 7.02. The Labute approximate surface area is 196 Å². The van der Waals surface area contributed by atoms with E-state index in [9.17, 15) is 4.79 Å². The topological polar surface area (TPSA) is 42.4 Å². The van der Waals surface area contributed by atoms with Gasteiger partial charge in [0.15, 0.2) is 5.13 Å². The minimum atomic E-state index is -0.117. The Kier molecular flexibility index (Phi) is 5.87. The Morgan fingerprint density at radius 1 is 0.848 bits per heavy atom. The Balaban J connectivity index is 1.51. The van der Waals surface area contributed by atoms with Crippen molar-refractivity contribution >= 4 is 32.6 Å². The van der Waals surface area contributed by atoms with Crippen LogP contribution in [0.4, 0.5) is 5.13 Å². The van der Waals surface area contributed by atoms with Gasteiger partial charge in [-0.1, -0.05) is 78.1 Å². The molecule has 0 aliphatic rings. The number of hydrogen-bond donors (Lipinski definition) is 0. The Morgan fingerprint density at radius 2 is 1.55 bits per heavy atom. The van der Waals surface area contributed by atoms with E-state index in [4.69, 9.17) is 9.72 Å². The molecule has 162 valence electrons. The lowest BCUT2D eigenvalue weighted by Crippen LogP contribution is -2.30. The third-order valence-electron chi connectivity index (χ3n) is 5.33. The minimum Gasteiger partial charge on any atom is -0.457 e. The van der Waals surface area contributed by atoms with E-state index in [-0.39, 0.29) is 5.91 Å². The lowest BCUT2D eigenvalue weighted by atomic mass is 10.1. The van der Waals surface area contributed by atoms with Crippen LogP contribution in [-0.2, 0) is 6.54 Å². The van der Waals surface area contributed by atoms with Crippen LogP contribution in [0.2, 0.25) is 0 Å². The molecule has 0 unspecified atom stereocenters. The number of rotatable bonds is 6. The molecule has 0 spiro atoms. The largest absolute Gasteiger partial charge is 0.457 e. The molecule has 4 aromatic carbocycles. The summed E-state index contributed by atoms with van der Waals surface area (Å²) in [5.74, 6) is 1.23. The number of amides is 1. The van der Waals surface area contributed by atoms with Gasteiger partial charge in [-0.15, -0.1) is 0 Å². The molecule has 1 amide bonds. The number of thiazole rings is 1. The minimum absolute atomic E-state index is 0.117. The molecule has 33 heavy (non-hydrogen) atoms. The maximum Gasteiger partial charge on any atom is 0.260 e. The number of nitrogens with zero attached hydrogens (tertiary/aromatic N) is 2. The second kappa shape index (κ2) is 9.27. The van der Waals surface area contributed by atoms with Gasteiger partial charge >= 0.3 is 0 Å². The number of ether oxygens (including phenoxy) is 1. The summed E-state index contributed by atoms with van der Waals surface area (Å²) in [5, 5.41) is 0.683. The van der Waals surface area contributed by atoms with E-state index in [0.29, 0.717) is 23.0 Å². The van der Waals surface area contributed by atoms with Crippen molar-refractivity contribution in [3.05, 3.63) is 120 Å². The van der Waals surface area contributed by atoms with E-state index in [1.165, 1.54) is 11.3 Å². The number of hydrogen-bond acceptors (Lipinski definition) is 4. The van der Waals surface area contributed by atoms with Crippen molar-refractivity contribution in [2.75, 3.05) is 4.90 Å². The molecule has 4 nitrogen and oxygen atoms in total. The zero-order chi connectivity index (χ0) is 22.6. The fraction of sp³-hybridized carbons (Fsp3) is 0.0714. The lowest BCUT2D eigenvalue weighted by Gasteiger charge is -2.20. The van der Waals surface area contributed by atoms with E-state index in [0.717, 1.165) is 27.1 Å². The van der Waals surface area contributed by atoms with Gasteiger partial charge < -0.3 is 4.74 Å². The summed E-state index contributed by atoms with van der Waals surface area (Å²) in [5.41, 5.74) is 3.62. The van der Waals surface area contributed by atoms with Crippen LogP contribution in [-0.4, -0.2) is 10.9 Å². The van der Waals surface area contributed by atoms with Gasteiger partial charge in [0.25, 0.3) is 5.91 Å². The first-order chi connectivity index (χ1) is 16.2. The molecule has 0 saturated heterocycles. The predicted octanol–water partition coefficient (Wildman–Crippen LogP) is 7.24. The first-order valence-corrected chi connectivity index (χ1v) is 11.5. The van der Waals surface area contributed by atoms with Gasteiger partial charge in [-0.05, 0) is 54.4 Å². The van der Waals surface area contributed by atoms with Gasteiger partial charge in [0.2, 0.25) is 0 Å². The molecule has 0 aliphatic heterocycles. The van der Waals surface area contributed by atoms with Crippen LogP contribution < -0.4 is 9.64 Å². The van der Waals surface area contributed by atoms with Crippen molar-refractivity contribution in [1.29, 1.82) is 0 Å². The van der Waals surface area contributed by atoms with Crippen LogP contribution in [0.25, 0.3) is 10.2 Å². The molecule has 1 aromatic heterocycles. The maximum absolute atomic E-state index is 13.8. The smallest absolute Gasteiger partial charge is 0.260 e. The maximum atomic E-state index is 13.8. The van der Waals surface area contributed by atoms with Gasteiger partial charge in [0, 0.05) is 5.56 Å². The molecule has 0 saturated carbocycles. The second-order valence-electron chi connectivity index (χ2n) is 7.74. The molecule has 0 N–H and O–H groups in total. The molecule has 1 heterocycles. The zero-order valence-corrected chi connectivity index (χ0v) is 19.0. The Morgan fingerprint density at radius 3 is 2.30 bits per heavy atom. The quantitative estimate of drug-likeness (QED) is 0.274. The molecule has 0 bridgehead atoms. The highest BCUT2D eigenvalue weighted by molar-refractivity contribution is 7.22. The number of aryl methyl sites for hydroxylation is 1. The second-order valence-corrected chi connectivity index (χ2v) is 8.75. The normalized spacial score (nSPS) is 10.8. The van der Waals surface area contributed by atoms with E-state index in [2.05, 4.69) is 0 Å². The average molecular weight is 451 g/mol. The van der Waals surface area contributed by atoms with Gasteiger partial charge in [-0.3, -0.25) is 9.69 Å². The van der Waals surface area contributed by atoms with Crippen LogP contribution in [0.5, 0.6) is 11.5 Å². The van der Waals surface area contributed by atoms with Crippen molar-refractivity contribution in [3.63, 3.8) is 0 Å². The number of para-hydroxylation sites is 2. The van der Waals surface area contributed by atoms with Crippen molar-refractivity contribution in [3.8, 4) is 11.5 Å². The van der Waals surface area contributed by atoms with Crippen molar-refractivity contribution < 1.29 is 9.53 Å². The third kappa shape index (κ3) is 4.64. The van der Waals surface area contributed by atoms with Crippen LogP contribution in [0.1, 0.15) is 21.5 Å². The van der Waals surface area contributed by atoms with Crippen LogP contribution in [0.3, 0.4) is 0 Å². The van der Waals surface area contributed by atoms with E-state index >= 15 is 0 Å². The van der Waals surface area contributed by atoms with Gasteiger partial charge in [-0.25, -0.2) is 4.98 Å². The van der Waals surface area contributed by atoms with Gasteiger partial charge in [-0.2, -0.15) is 0 Å². The fourth-order valence-corrected chi connectivity index (χ4v) is 4.70. The number of benzene rings is 4. The number of anilines is 1. The molecule has 5 aromatic rings. The number of carbonyl (C=O) groups excluding carboxylic acids is 1. The summed E-state index contributed by atoms with van der Waals surface area (Å²) in [6.07, 6.45) is 0. The van der Waals surface area contributed by atoms with E-state index in [1.54, 1.807) is 11.0 Å². The molecular weight excluding hydrogens is 428 g/mol. The molecule has 5 heteroatoms. The summed E-state index contributed by atoms with van der Waals surface area (Å²) in [4.78, 5) is 20.3. The van der Waals surface area contributed by atoms with Gasteiger partial charge in [0.1, 0.15) is 11.5 Å². The van der Waals surface area contributed by atoms with Crippen LogP contribution >= 0.6 is 11.3 Å². The fourth-order valence-electron chi connectivity index (χ4n) is 3.66. The van der Waals surface area contributed by atoms with Crippen molar-refractivity contribution in [1.82, 2.24) is 4.98 Å². The van der Waals surface area contributed by atoms with E-state index < -0.39 is 0 Å². The average Bonchev–Trinajstić information content (AvgIpc) is 3.29. The summed E-state index contributed by atoms with van der Waals surface area (Å²) >= 11 is 1.53. The number of fused-ring (bicyclic) bond motifs is 1. The van der Waals surface area contributed by atoms with Crippen molar-refractivity contribution in [2.24, 2.45) is 0 Å². The Bertz CT molecular complexity index is 1400. The standard InChI is InChI=1S/C28H22N2O2S/c1-20-10-8-17-25-26(20)29-28(33-25)30(19-21-11-4-2-5-12-21)27(31)22-13-9-16-24(18-22)32-23-14-6-3-7-15-23/h2-18H,19H2,1H3. The van der Waals surface area contributed by atoms with E-state index in [1.807, 2.05) is 104 Å². The van der Waals surface area contributed by atoms with Gasteiger partial charge in [0.05, 0.1) is 16.8 Å². The predicted molar refractivity (Wildman–Crippen MR) is 134 cm³/mol. The van der Waals surface area contributed by atoms with Crippen LogP contribution in [0.15, 0.2) is 103 Å². The highest BCUT2D eigenvalue weighted by Crippen LogP contribution is 2.33. The molecule has 0 atom stereocenters.